The van der Waals surface area contributed by atoms with Crippen LogP contribution in [0, 0.1) is 0 Å². The van der Waals surface area contributed by atoms with Crippen LogP contribution in [0.1, 0.15) is 10.5 Å². The van der Waals surface area contributed by atoms with Crippen molar-refractivity contribution >= 4 is 23.2 Å². The minimum Gasteiger partial charge on any atom is -0.159 e. The molecule has 0 bridgehead atoms. The van der Waals surface area contributed by atoms with Crippen molar-refractivity contribution in [2.24, 2.45) is 0 Å². The summed E-state index contributed by atoms with van der Waals surface area (Å²) in [6.07, 6.45) is 1.57. The van der Waals surface area contributed by atoms with Gasteiger partial charge in [0.1, 0.15) is 0 Å². The van der Waals surface area contributed by atoms with Gasteiger partial charge in [-0.2, -0.15) is 10.2 Å². The SMILES string of the molecule is ClC(Cl)c1cccnn1. The summed E-state index contributed by atoms with van der Waals surface area (Å²) < 4.78 is 0. The van der Waals surface area contributed by atoms with E-state index in [4.69, 9.17) is 23.2 Å². The summed E-state index contributed by atoms with van der Waals surface area (Å²) in [6, 6.07) is 3.46. The van der Waals surface area contributed by atoms with Crippen molar-refractivity contribution in [1.82, 2.24) is 10.2 Å². The molecule has 48 valence electrons. The van der Waals surface area contributed by atoms with E-state index in [0.717, 1.165) is 0 Å². The van der Waals surface area contributed by atoms with Gasteiger partial charge in [0.25, 0.3) is 0 Å². The van der Waals surface area contributed by atoms with E-state index in [0.29, 0.717) is 5.69 Å². The molecule has 0 amide bonds. The van der Waals surface area contributed by atoms with Gasteiger partial charge in [0.2, 0.25) is 0 Å². The highest BCUT2D eigenvalue weighted by atomic mass is 35.5. The van der Waals surface area contributed by atoms with Crippen LogP contribution in [0.15, 0.2) is 18.3 Å². The van der Waals surface area contributed by atoms with Crippen molar-refractivity contribution in [3.63, 3.8) is 0 Å². The second kappa shape index (κ2) is 2.99. The number of halogens is 2. The van der Waals surface area contributed by atoms with Crippen LogP contribution in [0.25, 0.3) is 0 Å². The molecule has 1 aromatic heterocycles. The Balaban J connectivity index is 2.85. The van der Waals surface area contributed by atoms with E-state index < -0.39 is 4.84 Å². The number of alkyl halides is 2. The van der Waals surface area contributed by atoms with Crippen LogP contribution < -0.4 is 0 Å². The molecule has 0 N–H and O–H groups in total. The third-order valence-electron chi connectivity index (χ3n) is 0.817. The Kier molecular flexibility index (Phi) is 2.25. The molecule has 2 nitrogen and oxygen atoms in total. The van der Waals surface area contributed by atoms with Crippen LogP contribution in [0.5, 0.6) is 0 Å². The van der Waals surface area contributed by atoms with Crippen LogP contribution >= 0.6 is 23.2 Å². The molecule has 0 aliphatic carbocycles. The summed E-state index contributed by atoms with van der Waals surface area (Å²) in [5.41, 5.74) is 0.584. The van der Waals surface area contributed by atoms with Gasteiger partial charge < -0.3 is 0 Å². The molecular formula is C5H4Cl2N2. The highest BCUT2D eigenvalue weighted by molar-refractivity contribution is 6.43. The van der Waals surface area contributed by atoms with E-state index in [2.05, 4.69) is 10.2 Å². The third kappa shape index (κ3) is 1.80. The van der Waals surface area contributed by atoms with Gasteiger partial charge in [0.05, 0.1) is 5.69 Å². The standard InChI is InChI=1S/C5H4Cl2N2/c6-5(7)4-2-1-3-8-9-4/h1-3,5H. The summed E-state index contributed by atoms with van der Waals surface area (Å²) in [4.78, 5) is -0.571. The van der Waals surface area contributed by atoms with Gasteiger partial charge in [-0.3, -0.25) is 0 Å². The lowest BCUT2D eigenvalue weighted by molar-refractivity contribution is 0.960. The lowest BCUT2D eigenvalue weighted by atomic mass is 10.4. The predicted molar refractivity (Wildman–Crippen MR) is 36.5 cm³/mol. The van der Waals surface area contributed by atoms with Crippen molar-refractivity contribution in [3.8, 4) is 0 Å². The van der Waals surface area contributed by atoms with E-state index >= 15 is 0 Å². The van der Waals surface area contributed by atoms with Crippen LogP contribution in [-0.4, -0.2) is 10.2 Å². The molecule has 0 aliphatic heterocycles. The molecule has 4 heteroatoms. The van der Waals surface area contributed by atoms with E-state index in [1.165, 1.54) is 0 Å². The van der Waals surface area contributed by atoms with Gasteiger partial charge in [-0.1, -0.05) is 23.2 Å². The van der Waals surface area contributed by atoms with Gasteiger partial charge >= 0.3 is 0 Å². The maximum atomic E-state index is 5.47. The van der Waals surface area contributed by atoms with Crippen molar-refractivity contribution in [3.05, 3.63) is 24.0 Å². The Labute approximate surface area is 62.8 Å². The largest absolute Gasteiger partial charge is 0.159 e. The first-order valence-corrected chi connectivity index (χ1v) is 3.24. The van der Waals surface area contributed by atoms with E-state index in [1.54, 1.807) is 18.3 Å². The summed E-state index contributed by atoms with van der Waals surface area (Å²) in [6.45, 7) is 0. The van der Waals surface area contributed by atoms with Crippen LogP contribution in [0.4, 0.5) is 0 Å². The molecule has 0 unspecified atom stereocenters. The molecule has 9 heavy (non-hydrogen) atoms. The Morgan fingerprint density at radius 3 is 2.56 bits per heavy atom. The lowest BCUT2D eigenvalue weighted by Crippen LogP contribution is -1.88. The molecule has 0 fully saturated rings. The molecule has 1 heterocycles. The quantitative estimate of drug-likeness (QED) is 0.591. The molecule has 1 rings (SSSR count). The lowest BCUT2D eigenvalue weighted by Gasteiger charge is -1.94. The highest BCUT2D eigenvalue weighted by Gasteiger charge is 2.01. The molecule has 0 atom stereocenters. The highest BCUT2D eigenvalue weighted by Crippen LogP contribution is 2.20. The molecule has 0 aromatic carbocycles. The van der Waals surface area contributed by atoms with Gasteiger partial charge in [-0.05, 0) is 12.1 Å². The van der Waals surface area contributed by atoms with Crippen molar-refractivity contribution in [1.29, 1.82) is 0 Å². The first kappa shape index (κ1) is 6.78. The van der Waals surface area contributed by atoms with Crippen LogP contribution in [-0.2, 0) is 0 Å². The molecule has 0 radical (unpaired) electrons. The monoisotopic (exact) mass is 162 g/mol. The number of rotatable bonds is 1. The average Bonchev–Trinajstić information content (AvgIpc) is 1.90. The minimum atomic E-state index is -0.571. The van der Waals surface area contributed by atoms with Crippen LogP contribution in [0.3, 0.4) is 0 Å². The van der Waals surface area contributed by atoms with Gasteiger partial charge in [0.15, 0.2) is 4.84 Å². The Morgan fingerprint density at radius 2 is 2.22 bits per heavy atom. The molecule has 1 aromatic rings. The first-order valence-electron chi connectivity index (χ1n) is 2.36. The fraction of sp³-hybridized carbons (Fsp3) is 0.200. The first-order chi connectivity index (χ1) is 4.30. The van der Waals surface area contributed by atoms with Crippen molar-refractivity contribution < 1.29 is 0 Å². The Bertz CT molecular complexity index is 176. The second-order valence-corrected chi connectivity index (χ2v) is 2.55. The Hall–Kier alpha value is -0.340. The summed E-state index contributed by atoms with van der Waals surface area (Å²) in [7, 11) is 0. The van der Waals surface area contributed by atoms with E-state index in [1.807, 2.05) is 0 Å². The third-order valence-corrected chi connectivity index (χ3v) is 1.26. The Morgan fingerprint density at radius 1 is 1.44 bits per heavy atom. The fourth-order valence-corrected chi connectivity index (χ4v) is 0.663. The minimum absolute atomic E-state index is 0.571. The summed E-state index contributed by atoms with van der Waals surface area (Å²) in [5, 5.41) is 7.25. The molecule has 0 saturated carbocycles. The average molecular weight is 163 g/mol. The zero-order valence-electron chi connectivity index (χ0n) is 4.46. The predicted octanol–water partition coefficient (Wildman–Crippen LogP) is 1.95. The number of hydrogen-bond acceptors (Lipinski definition) is 2. The van der Waals surface area contributed by atoms with Crippen molar-refractivity contribution in [2.75, 3.05) is 0 Å². The van der Waals surface area contributed by atoms with E-state index in [9.17, 15) is 0 Å². The molecule has 0 saturated heterocycles. The molecule has 0 spiro atoms. The zero-order valence-corrected chi connectivity index (χ0v) is 5.97. The van der Waals surface area contributed by atoms with E-state index in [-0.39, 0.29) is 0 Å². The fourth-order valence-electron chi connectivity index (χ4n) is 0.430. The van der Waals surface area contributed by atoms with Crippen molar-refractivity contribution in [2.45, 2.75) is 4.84 Å². The normalized spacial score (nSPS) is 10.1. The smallest absolute Gasteiger partial charge is 0.151 e. The van der Waals surface area contributed by atoms with Gasteiger partial charge in [-0.25, -0.2) is 0 Å². The summed E-state index contributed by atoms with van der Waals surface area (Å²) in [5.74, 6) is 0. The van der Waals surface area contributed by atoms with Gasteiger partial charge in [-0.15, -0.1) is 0 Å². The number of nitrogens with zero attached hydrogens (tertiary/aromatic N) is 2. The van der Waals surface area contributed by atoms with Crippen LogP contribution in [0.2, 0.25) is 0 Å². The topological polar surface area (TPSA) is 25.8 Å². The van der Waals surface area contributed by atoms with Gasteiger partial charge in [0, 0.05) is 6.20 Å². The number of hydrogen-bond donors (Lipinski definition) is 0. The second-order valence-electron chi connectivity index (χ2n) is 1.45. The summed E-state index contributed by atoms with van der Waals surface area (Å²) >= 11 is 10.9. The number of aromatic nitrogens is 2. The maximum absolute atomic E-state index is 5.47. The molecule has 0 aliphatic rings. The molecular weight excluding hydrogens is 159 g/mol. The zero-order chi connectivity index (χ0) is 6.69. The maximum Gasteiger partial charge on any atom is 0.151 e.